The van der Waals surface area contributed by atoms with Gasteiger partial charge >= 0.3 is 5.97 Å². The van der Waals surface area contributed by atoms with Crippen molar-refractivity contribution in [1.82, 2.24) is 9.55 Å². The van der Waals surface area contributed by atoms with Crippen LogP contribution in [0.3, 0.4) is 0 Å². The van der Waals surface area contributed by atoms with E-state index in [0.29, 0.717) is 16.6 Å². The smallest absolute Gasteiger partial charge is 0.307 e. The molecule has 0 spiro atoms. The minimum atomic E-state index is -0.355. The molecule has 0 aliphatic rings. The summed E-state index contributed by atoms with van der Waals surface area (Å²) in [6.07, 6.45) is 2.09. The van der Waals surface area contributed by atoms with Crippen molar-refractivity contribution in [2.24, 2.45) is 0 Å². The number of furan rings is 1. The van der Waals surface area contributed by atoms with Crippen LogP contribution >= 0.6 is 27.3 Å². The Kier molecular flexibility index (Phi) is 5.09. The molecule has 6 nitrogen and oxygen atoms in total. The topological polar surface area (TPSA) is 74.3 Å². The molecule has 0 fully saturated rings. The predicted octanol–water partition coefficient (Wildman–Crippen LogP) is 4.14. The Morgan fingerprint density at radius 2 is 2.19 bits per heavy atom. The standard InChI is InChI=1S/C19H15BrN2O4S/c20-13-1-2-16-12(9-13)10-14(26-16)4-7-25-17(23)3-6-22-11-21-18-15(19(22)24)5-8-27-18/h1-2,5,8-11H,3-4,6-7H2. The van der Waals surface area contributed by atoms with Crippen LogP contribution in [0.2, 0.25) is 0 Å². The Morgan fingerprint density at radius 3 is 3.07 bits per heavy atom. The molecule has 0 bridgehead atoms. The molecule has 4 rings (SSSR count). The van der Waals surface area contributed by atoms with E-state index in [1.165, 1.54) is 22.2 Å². The van der Waals surface area contributed by atoms with Crippen LogP contribution < -0.4 is 5.56 Å². The normalized spacial score (nSPS) is 11.3. The number of hydrogen-bond donors (Lipinski definition) is 0. The van der Waals surface area contributed by atoms with Gasteiger partial charge in [-0.1, -0.05) is 15.9 Å². The second-order valence-corrected chi connectivity index (χ2v) is 7.81. The molecular formula is C19H15BrN2O4S. The summed E-state index contributed by atoms with van der Waals surface area (Å²) < 4.78 is 13.4. The third-order valence-corrected chi connectivity index (χ3v) is 5.46. The van der Waals surface area contributed by atoms with Crippen LogP contribution in [-0.2, 0) is 22.5 Å². The largest absolute Gasteiger partial charge is 0.465 e. The summed E-state index contributed by atoms with van der Waals surface area (Å²) in [6, 6.07) is 9.47. The summed E-state index contributed by atoms with van der Waals surface area (Å²) >= 11 is 4.84. The van der Waals surface area contributed by atoms with Crippen molar-refractivity contribution in [3.8, 4) is 0 Å². The molecule has 27 heavy (non-hydrogen) atoms. The Morgan fingerprint density at radius 1 is 1.30 bits per heavy atom. The molecule has 0 aliphatic carbocycles. The number of hydrogen-bond acceptors (Lipinski definition) is 6. The third kappa shape index (κ3) is 3.96. The first kappa shape index (κ1) is 17.9. The second-order valence-electron chi connectivity index (χ2n) is 6.00. The van der Waals surface area contributed by atoms with Crippen LogP contribution in [-0.4, -0.2) is 22.1 Å². The number of fused-ring (bicyclic) bond motifs is 2. The first-order valence-electron chi connectivity index (χ1n) is 8.36. The van der Waals surface area contributed by atoms with E-state index in [-0.39, 0.29) is 31.1 Å². The zero-order valence-electron chi connectivity index (χ0n) is 14.2. The van der Waals surface area contributed by atoms with Crippen molar-refractivity contribution in [2.75, 3.05) is 6.61 Å². The molecule has 3 heterocycles. The summed E-state index contributed by atoms with van der Waals surface area (Å²) in [5.74, 6) is 0.408. The highest BCUT2D eigenvalue weighted by Gasteiger charge is 2.09. The van der Waals surface area contributed by atoms with E-state index in [4.69, 9.17) is 9.15 Å². The van der Waals surface area contributed by atoms with Gasteiger partial charge in [-0.2, -0.15) is 0 Å². The fourth-order valence-electron chi connectivity index (χ4n) is 2.79. The zero-order valence-corrected chi connectivity index (χ0v) is 16.6. The van der Waals surface area contributed by atoms with Gasteiger partial charge in [0.05, 0.1) is 24.7 Å². The SMILES string of the molecule is O=C(CCn1cnc2sccc2c1=O)OCCc1cc2cc(Br)ccc2o1. The highest BCUT2D eigenvalue weighted by atomic mass is 79.9. The van der Waals surface area contributed by atoms with E-state index >= 15 is 0 Å². The average molecular weight is 447 g/mol. The van der Waals surface area contributed by atoms with Gasteiger partial charge in [-0.15, -0.1) is 11.3 Å². The Hall–Kier alpha value is -2.45. The number of carbonyl (C=O) groups is 1. The summed E-state index contributed by atoms with van der Waals surface area (Å²) in [5, 5.41) is 3.41. The lowest BCUT2D eigenvalue weighted by molar-refractivity contribution is -0.143. The van der Waals surface area contributed by atoms with Crippen molar-refractivity contribution in [1.29, 1.82) is 0 Å². The fourth-order valence-corrected chi connectivity index (χ4v) is 3.90. The fraction of sp³-hybridized carbons (Fsp3) is 0.211. The van der Waals surface area contributed by atoms with Gasteiger partial charge in [-0.3, -0.25) is 14.2 Å². The number of aryl methyl sites for hydroxylation is 1. The van der Waals surface area contributed by atoms with Crippen LogP contribution in [0, 0.1) is 0 Å². The summed E-state index contributed by atoms with van der Waals surface area (Å²) in [6.45, 7) is 0.478. The predicted molar refractivity (Wildman–Crippen MR) is 107 cm³/mol. The number of thiophene rings is 1. The molecule has 0 saturated heterocycles. The van der Waals surface area contributed by atoms with Crippen LogP contribution in [0.25, 0.3) is 21.2 Å². The van der Waals surface area contributed by atoms with Crippen molar-refractivity contribution >= 4 is 54.4 Å². The molecule has 138 valence electrons. The van der Waals surface area contributed by atoms with E-state index in [0.717, 1.165) is 21.2 Å². The maximum absolute atomic E-state index is 12.3. The van der Waals surface area contributed by atoms with Gasteiger partial charge < -0.3 is 9.15 Å². The number of aromatic nitrogens is 2. The minimum Gasteiger partial charge on any atom is -0.465 e. The van der Waals surface area contributed by atoms with E-state index in [2.05, 4.69) is 20.9 Å². The van der Waals surface area contributed by atoms with Gasteiger partial charge in [0.1, 0.15) is 16.2 Å². The minimum absolute atomic E-state index is 0.115. The number of carbonyl (C=O) groups excluding carboxylic acids is 1. The van der Waals surface area contributed by atoms with Gasteiger partial charge in [-0.25, -0.2) is 4.98 Å². The van der Waals surface area contributed by atoms with Crippen LogP contribution in [0.15, 0.2) is 55.7 Å². The van der Waals surface area contributed by atoms with Crippen LogP contribution in [0.5, 0.6) is 0 Å². The molecule has 4 aromatic rings. The van der Waals surface area contributed by atoms with Gasteiger partial charge in [0.15, 0.2) is 0 Å². The lowest BCUT2D eigenvalue weighted by atomic mass is 10.2. The monoisotopic (exact) mass is 446 g/mol. The average Bonchev–Trinajstić information content (AvgIpc) is 3.27. The molecular weight excluding hydrogens is 432 g/mol. The molecule has 0 saturated carbocycles. The van der Waals surface area contributed by atoms with Crippen molar-refractivity contribution in [2.45, 2.75) is 19.4 Å². The molecule has 0 amide bonds. The van der Waals surface area contributed by atoms with E-state index in [1.54, 1.807) is 6.07 Å². The number of rotatable bonds is 6. The molecule has 3 aromatic heterocycles. The Balaban J connectivity index is 1.30. The van der Waals surface area contributed by atoms with E-state index < -0.39 is 0 Å². The van der Waals surface area contributed by atoms with Gasteiger partial charge in [0.25, 0.3) is 5.56 Å². The Labute approximate surface area is 166 Å². The third-order valence-electron chi connectivity index (χ3n) is 4.15. The lowest BCUT2D eigenvalue weighted by Crippen LogP contribution is -2.22. The maximum Gasteiger partial charge on any atom is 0.307 e. The van der Waals surface area contributed by atoms with E-state index in [1.807, 2.05) is 29.6 Å². The first-order chi connectivity index (χ1) is 13.1. The number of ether oxygens (including phenoxy) is 1. The number of benzene rings is 1. The maximum atomic E-state index is 12.3. The quantitative estimate of drug-likeness (QED) is 0.416. The summed E-state index contributed by atoms with van der Waals surface area (Å²) in [4.78, 5) is 29.2. The molecule has 0 atom stereocenters. The van der Waals surface area contributed by atoms with Gasteiger partial charge in [0, 0.05) is 22.8 Å². The van der Waals surface area contributed by atoms with Crippen LogP contribution in [0.1, 0.15) is 12.2 Å². The lowest BCUT2D eigenvalue weighted by Gasteiger charge is -2.06. The molecule has 0 radical (unpaired) electrons. The Bertz CT molecular complexity index is 1180. The summed E-state index contributed by atoms with van der Waals surface area (Å²) in [5.41, 5.74) is 0.665. The number of nitrogens with zero attached hydrogens (tertiary/aromatic N) is 2. The van der Waals surface area contributed by atoms with Crippen molar-refractivity contribution in [3.63, 3.8) is 0 Å². The second kappa shape index (κ2) is 7.66. The number of halogens is 1. The zero-order chi connectivity index (χ0) is 18.8. The van der Waals surface area contributed by atoms with Crippen molar-refractivity contribution < 1.29 is 13.9 Å². The summed E-state index contributed by atoms with van der Waals surface area (Å²) in [7, 11) is 0. The molecule has 0 aliphatic heterocycles. The van der Waals surface area contributed by atoms with Crippen molar-refractivity contribution in [3.05, 3.63) is 62.6 Å². The molecule has 0 unspecified atom stereocenters. The molecule has 1 aromatic carbocycles. The highest BCUT2D eigenvalue weighted by molar-refractivity contribution is 9.10. The highest BCUT2D eigenvalue weighted by Crippen LogP contribution is 2.23. The number of esters is 1. The van der Waals surface area contributed by atoms with Gasteiger partial charge in [-0.05, 0) is 35.7 Å². The van der Waals surface area contributed by atoms with E-state index in [9.17, 15) is 9.59 Å². The molecule has 0 N–H and O–H groups in total. The molecule has 8 heteroatoms. The first-order valence-corrected chi connectivity index (χ1v) is 10.0. The van der Waals surface area contributed by atoms with Gasteiger partial charge in [0.2, 0.25) is 0 Å². The van der Waals surface area contributed by atoms with Crippen LogP contribution in [0.4, 0.5) is 0 Å².